The summed E-state index contributed by atoms with van der Waals surface area (Å²) in [7, 11) is 1.43. The predicted molar refractivity (Wildman–Crippen MR) is 70.4 cm³/mol. The van der Waals surface area contributed by atoms with Gasteiger partial charge in [0.25, 0.3) is 5.91 Å². The molecule has 0 spiro atoms. The lowest BCUT2D eigenvalue weighted by Crippen LogP contribution is -2.45. The number of nitrogens with one attached hydrogen (secondary N) is 1. The summed E-state index contributed by atoms with van der Waals surface area (Å²) in [4.78, 5) is 12.1. The predicted octanol–water partition coefficient (Wildman–Crippen LogP) is 1.43. The van der Waals surface area contributed by atoms with Crippen LogP contribution in [0.4, 0.5) is 0 Å². The van der Waals surface area contributed by atoms with Crippen molar-refractivity contribution < 1.29 is 19.7 Å². The number of carbonyl (C=O) groups is 1. The Balaban J connectivity index is 2.07. The SMILES string of the molecule is COc1cc(C(=O)NC2CCCCC2O)ccc1O. The topological polar surface area (TPSA) is 78.8 Å². The Bertz CT molecular complexity index is 461. The summed E-state index contributed by atoms with van der Waals surface area (Å²) in [5.74, 6) is -0.00200. The molecule has 1 aliphatic rings. The maximum atomic E-state index is 12.1. The van der Waals surface area contributed by atoms with E-state index in [0.717, 1.165) is 25.7 Å². The number of ether oxygens (including phenoxy) is 1. The number of hydrogen-bond acceptors (Lipinski definition) is 4. The number of phenols is 1. The molecule has 1 aromatic carbocycles. The molecule has 104 valence electrons. The zero-order chi connectivity index (χ0) is 13.8. The van der Waals surface area contributed by atoms with Crippen molar-refractivity contribution in [2.75, 3.05) is 7.11 Å². The number of hydrogen-bond donors (Lipinski definition) is 3. The van der Waals surface area contributed by atoms with E-state index in [1.807, 2.05) is 0 Å². The van der Waals surface area contributed by atoms with E-state index in [2.05, 4.69) is 5.32 Å². The van der Waals surface area contributed by atoms with Crippen molar-refractivity contribution in [3.63, 3.8) is 0 Å². The lowest BCUT2D eigenvalue weighted by atomic mass is 9.92. The Labute approximate surface area is 112 Å². The van der Waals surface area contributed by atoms with Crippen molar-refractivity contribution >= 4 is 5.91 Å². The van der Waals surface area contributed by atoms with E-state index < -0.39 is 6.10 Å². The molecule has 0 aliphatic heterocycles. The van der Waals surface area contributed by atoms with Gasteiger partial charge in [-0.25, -0.2) is 0 Å². The largest absolute Gasteiger partial charge is 0.504 e. The molecule has 1 amide bonds. The molecule has 2 atom stereocenters. The van der Waals surface area contributed by atoms with E-state index in [-0.39, 0.29) is 23.4 Å². The molecule has 1 aliphatic carbocycles. The van der Waals surface area contributed by atoms with Crippen LogP contribution in [0.2, 0.25) is 0 Å². The van der Waals surface area contributed by atoms with Crippen LogP contribution in [0.5, 0.6) is 11.5 Å². The van der Waals surface area contributed by atoms with Crippen molar-refractivity contribution in [1.82, 2.24) is 5.32 Å². The second-order valence-corrected chi connectivity index (χ2v) is 4.82. The Morgan fingerprint density at radius 2 is 2.11 bits per heavy atom. The van der Waals surface area contributed by atoms with Gasteiger partial charge in [0.2, 0.25) is 0 Å². The van der Waals surface area contributed by atoms with E-state index in [1.165, 1.54) is 25.3 Å². The minimum absolute atomic E-state index is 0.00301. The quantitative estimate of drug-likeness (QED) is 0.772. The molecule has 0 heterocycles. The van der Waals surface area contributed by atoms with Gasteiger partial charge in [-0.05, 0) is 31.0 Å². The van der Waals surface area contributed by atoms with Gasteiger partial charge in [-0.2, -0.15) is 0 Å². The number of amides is 1. The van der Waals surface area contributed by atoms with Crippen LogP contribution >= 0.6 is 0 Å². The van der Waals surface area contributed by atoms with Gasteiger partial charge < -0.3 is 20.3 Å². The lowest BCUT2D eigenvalue weighted by molar-refractivity contribution is 0.0717. The Kier molecular flexibility index (Phi) is 4.27. The first-order valence-electron chi connectivity index (χ1n) is 6.47. The first-order valence-corrected chi connectivity index (χ1v) is 6.47. The molecule has 0 saturated heterocycles. The smallest absolute Gasteiger partial charge is 0.251 e. The molecule has 3 N–H and O–H groups in total. The number of carbonyl (C=O) groups excluding carboxylic acids is 1. The van der Waals surface area contributed by atoms with Crippen LogP contribution in [0.15, 0.2) is 18.2 Å². The summed E-state index contributed by atoms with van der Waals surface area (Å²) >= 11 is 0. The third-order valence-electron chi connectivity index (χ3n) is 3.49. The van der Waals surface area contributed by atoms with Crippen LogP contribution in [0.3, 0.4) is 0 Å². The van der Waals surface area contributed by atoms with Gasteiger partial charge in [-0.1, -0.05) is 12.8 Å². The number of methoxy groups -OCH3 is 1. The van der Waals surface area contributed by atoms with E-state index >= 15 is 0 Å². The normalized spacial score (nSPS) is 22.8. The number of rotatable bonds is 3. The number of phenolic OH excluding ortho intramolecular Hbond substituents is 1. The molecule has 5 nitrogen and oxygen atoms in total. The molecular weight excluding hydrogens is 246 g/mol. The maximum absolute atomic E-state index is 12.1. The fourth-order valence-electron chi connectivity index (χ4n) is 2.35. The molecule has 2 unspecified atom stereocenters. The van der Waals surface area contributed by atoms with Crippen molar-refractivity contribution in [3.8, 4) is 11.5 Å². The maximum Gasteiger partial charge on any atom is 0.251 e. The number of benzene rings is 1. The van der Waals surface area contributed by atoms with Gasteiger partial charge in [0.15, 0.2) is 11.5 Å². The zero-order valence-corrected chi connectivity index (χ0v) is 10.9. The van der Waals surface area contributed by atoms with Crippen LogP contribution in [-0.2, 0) is 0 Å². The molecule has 1 aromatic rings. The van der Waals surface area contributed by atoms with Gasteiger partial charge in [-0.15, -0.1) is 0 Å². The number of aliphatic hydroxyl groups is 1. The van der Waals surface area contributed by atoms with Gasteiger partial charge in [0, 0.05) is 5.56 Å². The number of aromatic hydroxyl groups is 1. The molecule has 2 rings (SSSR count). The fraction of sp³-hybridized carbons (Fsp3) is 0.500. The lowest BCUT2D eigenvalue weighted by Gasteiger charge is -2.28. The third-order valence-corrected chi connectivity index (χ3v) is 3.49. The highest BCUT2D eigenvalue weighted by Crippen LogP contribution is 2.26. The van der Waals surface area contributed by atoms with Gasteiger partial charge >= 0.3 is 0 Å². The minimum Gasteiger partial charge on any atom is -0.504 e. The Hall–Kier alpha value is -1.75. The average Bonchev–Trinajstić information content (AvgIpc) is 2.42. The Morgan fingerprint density at radius 3 is 2.79 bits per heavy atom. The molecule has 1 saturated carbocycles. The fourth-order valence-corrected chi connectivity index (χ4v) is 2.35. The molecule has 0 bridgehead atoms. The highest BCUT2D eigenvalue weighted by atomic mass is 16.5. The van der Waals surface area contributed by atoms with Crippen LogP contribution < -0.4 is 10.1 Å². The highest BCUT2D eigenvalue weighted by molar-refractivity contribution is 5.95. The average molecular weight is 265 g/mol. The summed E-state index contributed by atoms with van der Waals surface area (Å²) in [5.41, 5.74) is 0.410. The number of aliphatic hydroxyl groups excluding tert-OH is 1. The van der Waals surface area contributed by atoms with Crippen molar-refractivity contribution in [1.29, 1.82) is 0 Å². The standard InChI is InChI=1S/C14H19NO4/c1-19-13-8-9(6-7-12(13)17)14(18)15-10-4-2-3-5-11(10)16/h6-8,10-11,16-17H,2-5H2,1H3,(H,15,18). The van der Waals surface area contributed by atoms with E-state index in [4.69, 9.17) is 4.74 Å². The van der Waals surface area contributed by atoms with Gasteiger partial charge in [0.05, 0.1) is 19.3 Å². The molecule has 5 heteroatoms. The first kappa shape index (κ1) is 13.7. The summed E-state index contributed by atoms with van der Waals surface area (Å²) < 4.78 is 4.97. The minimum atomic E-state index is -0.475. The van der Waals surface area contributed by atoms with Crippen LogP contribution in [0.1, 0.15) is 36.0 Å². The monoisotopic (exact) mass is 265 g/mol. The van der Waals surface area contributed by atoms with Gasteiger partial charge in [0.1, 0.15) is 0 Å². The van der Waals surface area contributed by atoms with Crippen molar-refractivity contribution in [3.05, 3.63) is 23.8 Å². The van der Waals surface area contributed by atoms with Crippen LogP contribution in [-0.4, -0.2) is 35.4 Å². The molecular formula is C14H19NO4. The second kappa shape index (κ2) is 5.93. The summed E-state index contributed by atoms with van der Waals surface area (Å²) in [5, 5.41) is 22.1. The highest BCUT2D eigenvalue weighted by Gasteiger charge is 2.25. The third kappa shape index (κ3) is 3.17. The van der Waals surface area contributed by atoms with E-state index in [0.29, 0.717) is 5.56 Å². The summed E-state index contributed by atoms with van der Waals surface area (Å²) in [6.45, 7) is 0. The van der Waals surface area contributed by atoms with Crippen LogP contribution in [0.25, 0.3) is 0 Å². The van der Waals surface area contributed by atoms with E-state index in [1.54, 1.807) is 0 Å². The Morgan fingerprint density at radius 1 is 1.37 bits per heavy atom. The van der Waals surface area contributed by atoms with Crippen molar-refractivity contribution in [2.24, 2.45) is 0 Å². The molecule has 19 heavy (non-hydrogen) atoms. The molecule has 1 fully saturated rings. The first-order chi connectivity index (χ1) is 9.11. The second-order valence-electron chi connectivity index (χ2n) is 4.82. The van der Waals surface area contributed by atoms with Crippen LogP contribution in [0, 0.1) is 0 Å². The summed E-state index contributed by atoms with van der Waals surface area (Å²) in [6.07, 6.45) is 3.06. The zero-order valence-electron chi connectivity index (χ0n) is 10.9. The molecule has 0 radical (unpaired) electrons. The van der Waals surface area contributed by atoms with Crippen molar-refractivity contribution in [2.45, 2.75) is 37.8 Å². The summed E-state index contributed by atoms with van der Waals surface area (Å²) in [6, 6.07) is 4.24. The van der Waals surface area contributed by atoms with Gasteiger partial charge in [-0.3, -0.25) is 4.79 Å². The van der Waals surface area contributed by atoms with E-state index in [9.17, 15) is 15.0 Å². The molecule has 0 aromatic heterocycles.